The van der Waals surface area contributed by atoms with E-state index in [1.165, 1.54) is 0 Å². The number of β-amino-alcohol motifs (C(OH)–C–C–N with tert-alkyl or cyclic N) is 1. The average molecular weight is 297 g/mol. The van der Waals surface area contributed by atoms with Crippen LogP contribution in [-0.2, 0) is 0 Å². The van der Waals surface area contributed by atoms with Gasteiger partial charge in [-0.25, -0.2) is 4.79 Å². The van der Waals surface area contributed by atoms with Crippen molar-refractivity contribution in [3.05, 3.63) is 34.9 Å². The van der Waals surface area contributed by atoms with Crippen LogP contribution < -0.4 is 5.32 Å². The third-order valence-electron chi connectivity index (χ3n) is 3.89. The molecule has 1 aromatic carbocycles. The van der Waals surface area contributed by atoms with Gasteiger partial charge < -0.3 is 15.3 Å². The summed E-state index contributed by atoms with van der Waals surface area (Å²) in [5.41, 5.74) is 0.969. The molecule has 3 atom stereocenters. The smallest absolute Gasteiger partial charge is 0.317 e. The molecule has 0 saturated carbocycles. The Balaban J connectivity index is 1.94. The lowest BCUT2D eigenvalue weighted by Crippen LogP contribution is -2.50. The first-order valence-corrected chi connectivity index (χ1v) is 7.34. The van der Waals surface area contributed by atoms with Gasteiger partial charge in [0.15, 0.2) is 0 Å². The van der Waals surface area contributed by atoms with E-state index in [1.807, 2.05) is 38.1 Å². The van der Waals surface area contributed by atoms with Crippen molar-refractivity contribution < 1.29 is 9.90 Å². The highest BCUT2D eigenvalue weighted by molar-refractivity contribution is 6.30. The maximum atomic E-state index is 12.2. The summed E-state index contributed by atoms with van der Waals surface area (Å²) in [5, 5.41) is 13.4. The van der Waals surface area contributed by atoms with E-state index in [1.54, 1.807) is 4.90 Å². The maximum absolute atomic E-state index is 12.2. The van der Waals surface area contributed by atoms with Gasteiger partial charge >= 0.3 is 6.03 Å². The number of hydrogen-bond donors (Lipinski definition) is 2. The van der Waals surface area contributed by atoms with Crippen LogP contribution in [0.5, 0.6) is 0 Å². The number of nitrogens with zero attached hydrogens (tertiary/aromatic N) is 1. The predicted molar refractivity (Wildman–Crippen MR) is 79.8 cm³/mol. The van der Waals surface area contributed by atoms with E-state index >= 15 is 0 Å². The van der Waals surface area contributed by atoms with E-state index in [0.717, 1.165) is 12.0 Å². The lowest BCUT2D eigenvalue weighted by Gasteiger charge is -2.35. The highest BCUT2D eigenvalue weighted by Gasteiger charge is 2.27. The van der Waals surface area contributed by atoms with E-state index < -0.39 is 6.10 Å². The predicted octanol–water partition coefficient (Wildman–Crippen LogP) is 2.81. The van der Waals surface area contributed by atoms with Crippen molar-refractivity contribution in [2.75, 3.05) is 13.1 Å². The Morgan fingerprint density at radius 2 is 2.30 bits per heavy atom. The molecule has 0 radical (unpaired) electrons. The van der Waals surface area contributed by atoms with Crippen LogP contribution in [0, 0.1) is 5.92 Å². The molecule has 5 heteroatoms. The van der Waals surface area contributed by atoms with E-state index in [2.05, 4.69) is 5.32 Å². The van der Waals surface area contributed by atoms with Crippen LogP contribution in [0.2, 0.25) is 5.02 Å². The minimum Gasteiger partial charge on any atom is -0.391 e. The molecule has 0 aliphatic carbocycles. The Morgan fingerprint density at radius 1 is 1.55 bits per heavy atom. The summed E-state index contributed by atoms with van der Waals surface area (Å²) in [7, 11) is 0. The highest BCUT2D eigenvalue weighted by Crippen LogP contribution is 2.20. The molecule has 2 rings (SSSR count). The standard InChI is InChI=1S/C15H21ClN2O2/c1-10-6-7-18(9-14(10)19)15(20)17-11(2)12-4-3-5-13(16)8-12/h3-5,8,10-11,14,19H,6-7,9H2,1-2H3,(H,17,20). The average Bonchev–Trinajstić information content (AvgIpc) is 2.41. The van der Waals surface area contributed by atoms with Gasteiger partial charge in [-0.05, 0) is 37.0 Å². The zero-order chi connectivity index (χ0) is 14.7. The largest absolute Gasteiger partial charge is 0.391 e. The molecule has 2 amide bonds. The topological polar surface area (TPSA) is 52.6 Å². The third-order valence-corrected chi connectivity index (χ3v) is 4.13. The second-order valence-corrected chi connectivity index (χ2v) is 5.94. The first-order valence-electron chi connectivity index (χ1n) is 6.96. The lowest BCUT2D eigenvalue weighted by atomic mass is 9.96. The Hall–Kier alpha value is -1.26. The number of rotatable bonds is 2. The molecule has 1 saturated heterocycles. The molecule has 110 valence electrons. The van der Waals surface area contributed by atoms with Gasteiger partial charge in [0.25, 0.3) is 0 Å². The molecule has 1 heterocycles. The second-order valence-electron chi connectivity index (χ2n) is 5.51. The highest BCUT2D eigenvalue weighted by atomic mass is 35.5. The number of carbonyl (C=O) groups excluding carboxylic acids is 1. The molecule has 2 N–H and O–H groups in total. The molecule has 1 aromatic rings. The number of piperidine rings is 1. The number of hydrogen-bond acceptors (Lipinski definition) is 2. The zero-order valence-electron chi connectivity index (χ0n) is 11.8. The number of amides is 2. The number of carbonyl (C=O) groups is 1. The van der Waals surface area contributed by atoms with E-state index in [0.29, 0.717) is 18.1 Å². The van der Waals surface area contributed by atoms with Gasteiger partial charge in [-0.1, -0.05) is 30.7 Å². The SMILES string of the molecule is CC(NC(=O)N1CCC(C)C(O)C1)c1cccc(Cl)c1. The first kappa shape index (κ1) is 15.1. The number of likely N-dealkylation sites (tertiary alicyclic amines) is 1. The monoisotopic (exact) mass is 296 g/mol. The maximum Gasteiger partial charge on any atom is 0.317 e. The molecule has 0 bridgehead atoms. The van der Waals surface area contributed by atoms with Crippen molar-refractivity contribution in [1.82, 2.24) is 10.2 Å². The molecule has 3 unspecified atom stereocenters. The first-order chi connectivity index (χ1) is 9.47. The van der Waals surface area contributed by atoms with Crippen LogP contribution in [0.15, 0.2) is 24.3 Å². The van der Waals surface area contributed by atoms with Gasteiger partial charge in [-0.2, -0.15) is 0 Å². The van der Waals surface area contributed by atoms with E-state index in [-0.39, 0.29) is 18.0 Å². The molecular weight excluding hydrogens is 276 g/mol. The number of urea groups is 1. The summed E-state index contributed by atoms with van der Waals surface area (Å²) in [6.07, 6.45) is 0.399. The summed E-state index contributed by atoms with van der Waals surface area (Å²) < 4.78 is 0. The quantitative estimate of drug-likeness (QED) is 0.882. The second kappa shape index (κ2) is 6.46. The zero-order valence-corrected chi connectivity index (χ0v) is 12.6. The van der Waals surface area contributed by atoms with Crippen molar-refractivity contribution in [1.29, 1.82) is 0 Å². The van der Waals surface area contributed by atoms with Crippen molar-refractivity contribution in [3.8, 4) is 0 Å². The van der Waals surface area contributed by atoms with Gasteiger partial charge in [-0.3, -0.25) is 0 Å². The number of halogens is 1. The fourth-order valence-corrected chi connectivity index (χ4v) is 2.57. The number of nitrogens with one attached hydrogen (secondary N) is 1. The van der Waals surface area contributed by atoms with Gasteiger partial charge in [0, 0.05) is 18.1 Å². The van der Waals surface area contributed by atoms with Crippen molar-refractivity contribution in [2.45, 2.75) is 32.4 Å². The minimum absolute atomic E-state index is 0.113. The fourth-order valence-electron chi connectivity index (χ4n) is 2.37. The summed E-state index contributed by atoms with van der Waals surface area (Å²) in [6.45, 7) is 5.02. The van der Waals surface area contributed by atoms with E-state index in [9.17, 15) is 9.90 Å². The molecule has 0 spiro atoms. The lowest BCUT2D eigenvalue weighted by molar-refractivity contribution is 0.0431. The summed E-state index contributed by atoms with van der Waals surface area (Å²) in [4.78, 5) is 13.9. The van der Waals surface area contributed by atoms with Crippen LogP contribution in [0.25, 0.3) is 0 Å². The van der Waals surface area contributed by atoms with Crippen molar-refractivity contribution >= 4 is 17.6 Å². The van der Waals surface area contributed by atoms with Crippen LogP contribution in [-0.4, -0.2) is 35.2 Å². The molecule has 1 fully saturated rings. The van der Waals surface area contributed by atoms with Crippen LogP contribution >= 0.6 is 11.6 Å². The van der Waals surface area contributed by atoms with Gasteiger partial charge in [0.1, 0.15) is 0 Å². The van der Waals surface area contributed by atoms with Gasteiger partial charge in [-0.15, -0.1) is 0 Å². The number of benzene rings is 1. The van der Waals surface area contributed by atoms with Gasteiger partial charge in [0.2, 0.25) is 0 Å². The molecule has 20 heavy (non-hydrogen) atoms. The van der Waals surface area contributed by atoms with Crippen LogP contribution in [0.3, 0.4) is 0 Å². The fraction of sp³-hybridized carbons (Fsp3) is 0.533. The Labute approximate surface area is 124 Å². The Kier molecular flexibility index (Phi) is 4.89. The minimum atomic E-state index is -0.434. The molecule has 1 aliphatic heterocycles. The molecular formula is C15H21ClN2O2. The third kappa shape index (κ3) is 3.64. The Morgan fingerprint density at radius 3 is 2.95 bits per heavy atom. The van der Waals surface area contributed by atoms with Crippen LogP contribution in [0.4, 0.5) is 4.79 Å². The number of aliphatic hydroxyl groups excluding tert-OH is 1. The summed E-state index contributed by atoms with van der Waals surface area (Å²) >= 11 is 5.95. The summed E-state index contributed by atoms with van der Waals surface area (Å²) in [5.74, 6) is 0.254. The normalized spacial score (nSPS) is 24.3. The van der Waals surface area contributed by atoms with Crippen LogP contribution in [0.1, 0.15) is 31.9 Å². The van der Waals surface area contributed by atoms with Crippen molar-refractivity contribution in [3.63, 3.8) is 0 Å². The van der Waals surface area contributed by atoms with E-state index in [4.69, 9.17) is 11.6 Å². The molecule has 4 nitrogen and oxygen atoms in total. The number of aliphatic hydroxyl groups is 1. The van der Waals surface area contributed by atoms with Crippen molar-refractivity contribution in [2.24, 2.45) is 5.92 Å². The molecule has 1 aliphatic rings. The summed E-state index contributed by atoms with van der Waals surface area (Å²) in [6, 6.07) is 7.21. The Bertz CT molecular complexity index is 481. The van der Waals surface area contributed by atoms with Gasteiger partial charge in [0.05, 0.1) is 12.1 Å². The molecule has 0 aromatic heterocycles.